The van der Waals surface area contributed by atoms with E-state index in [1.165, 1.54) is 6.07 Å². The average molecular weight is 312 g/mol. The molecule has 1 aliphatic carbocycles. The first kappa shape index (κ1) is 14.8. The van der Waals surface area contributed by atoms with E-state index < -0.39 is 24.0 Å². The first-order valence-electron chi connectivity index (χ1n) is 7.14. The van der Waals surface area contributed by atoms with E-state index in [2.05, 4.69) is 20.7 Å². The number of halogens is 3. The van der Waals surface area contributed by atoms with Crippen LogP contribution in [0, 0.1) is 5.92 Å². The number of aromatic amines is 1. The van der Waals surface area contributed by atoms with Crippen molar-refractivity contribution in [3.05, 3.63) is 23.8 Å². The molecule has 1 aromatic carbocycles. The van der Waals surface area contributed by atoms with Crippen LogP contribution in [0.5, 0.6) is 0 Å². The van der Waals surface area contributed by atoms with Crippen LogP contribution < -0.4 is 5.32 Å². The molecule has 0 radical (unpaired) electrons. The zero-order valence-electron chi connectivity index (χ0n) is 11.7. The van der Waals surface area contributed by atoms with E-state index >= 15 is 0 Å². The summed E-state index contributed by atoms with van der Waals surface area (Å²) in [5.74, 6) is -2.03. The maximum Gasteiger partial charge on any atom is 0.393 e. The molecule has 1 saturated carbocycles. The average Bonchev–Trinajstić information content (AvgIpc) is 2.94. The number of H-pyrrole nitrogens is 1. The lowest BCUT2D eigenvalue weighted by Gasteiger charge is -2.33. The summed E-state index contributed by atoms with van der Waals surface area (Å²) in [6.07, 6.45) is -2.67. The van der Waals surface area contributed by atoms with Crippen molar-refractivity contribution < 1.29 is 18.0 Å². The van der Waals surface area contributed by atoms with Crippen molar-refractivity contribution in [1.29, 1.82) is 0 Å². The zero-order valence-corrected chi connectivity index (χ0v) is 11.7. The summed E-state index contributed by atoms with van der Waals surface area (Å²) >= 11 is 0. The molecule has 1 amide bonds. The highest BCUT2D eigenvalue weighted by Crippen LogP contribution is 2.37. The number of benzene rings is 1. The molecule has 8 heteroatoms. The van der Waals surface area contributed by atoms with E-state index in [1.54, 1.807) is 12.1 Å². The number of nitrogens with one attached hydrogen (secondary N) is 2. The minimum Gasteiger partial charge on any atom is -0.349 e. The van der Waals surface area contributed by atoms with Crippen molar-refractivity contribution in [3.8, 4) is 0 Å². The Morgan fingerprint density at radius 1 is 1.23 bits per heavy atom. The van der Waals surface area contributed by atoms with E-state index in [1.807, 2.05) is 0 Å². The Bertz CT molecular complexity index is 682. The Balaban J connectivity index is 1.82. The molecule has 0 bridgehead atoms. The van der Waals surface area contributed by atoms with Gasteiger partial charge in [0.2, 0.25) is 0 Å². The molecular weight excluding hydrogens is 297 g/mol. The molecule has 0 saturated heterocycles. The van der Waals surface area contributed by atoms with Crippen LogP contribution in [0.4, 0.5) is 13.2 Å². The summed E-state index contributed by atoms with van der Waals surface area (Å²) in [7, 11) is 0. The number of hydrogen-bond donors (Lipinski definition) is 2. The van der Waals surface area contributed by atoms with Crippen LogP contribution >= 0.6 is 0 Å². The van der Waals surface area contributed by atoms with Gasteiger partial charge in [-0.15, -0.1) is 0 Å². The fourth-order valence-electron chi connectivity index (χ4n) is 2.99. The molecule has 2 aromatic rings. The van der Waals surface area contributed by atoms with Gasteiger partial charge in [-0.25, -0.2) is 0 Å². The van der Waals surface area contributed by atoms with Crippen LogP contribution in [0.15, 0.2) is 18.2 Å². The van der Waals surface area contributed by atoms with Gasteiger partial charge in [0.1, 0.15) is 11.0 Å². The van der Waals surface area contributed by atoms with E-state index in [9.17, 15) is 18.0 Å². The van der Waals surface area contributed by atoms with Gasteiger partial charge < -0.3 is 5.32 Å². The predicted octanol–water partition coefficient (Wildman–Crippen LogP) is 2.81. The minimum absolute atomic E-state index is 0.0581. The normalized spacial score (nSPS) is 22.7. The number of hydrogen-bond acceptors (Lipinski definition) is 3. The van der Waals surface area contributed by atoms with Gasteiger partial charge in [-0.3, -0.25) is 4.79 Å². The van der Waals surface area contributed by atoms with E-state index in [-0.39, 0.29) is 12.0 Å². The van der Waals surface area contributed by atoms with Gasteiger partial charge in [0.15, 0.2) is 0 Å². The lowest BCUT2D eigenvalue weighted by molar-refractivity contribution is -0.187. The van der Waals surface area contributed by atoms with Crippen molar-refractivity contribution in [3.63, 3.8) is 0 Å². The lowest BCUT2D eigenvalue weighted by Crippen LogP contribution is -2.47. The van der Waals surface area contributed by atoms with Crippen LogP contribution in [0.2, 0.25) is 0 Å². The molecule has 0 spiro atoms. The third kappa shape index (κ3) is 2.77. The number of amides is 1. The number of nitrogens with zero attached hydrogens (tertiary/aromatic N) is 2. The van der Waals surface area contributed by atoms with Crippen molar-refractivity contribution in [1.82, 2.24) is 20.7 Å². The van der Waals surface area contributed by atoms with E-state index in [4.69, 9.17) is 0 Å². The molecule has 118 valence electrons. The van der Waals surface area contributed by atoms with Gasteiger partial charge in [-0.1, -0.05) is 18.9 Å². The summed E-state index contributed by atoms with van der Waals surface area (Å²) < 4.78 is 39.2. The summed E-state index contributed by atoms with van der Waals surface area (Å²) in [5, 5.41) is 12.7. The Kier molecular flexibility index (Phi) is 3.76. The van der Waals surface area contributed by atoms with E-state index in [0.29, 0.717) is 30.3 Å². The molecule has 1 fully saturated rings. The highest BCUT2D eigenvalue weighted by Gasteiger charge is 2.46. The molecule has 5 nitrogen and oxygen atoms in total. The van der Waals surface area contributed by atoms with Crippen LogP contribution in [-0.4, -0.2) is 33.5 Å². The number of carbonyl (C=O) groups is 1. The molecule has 22 heavy (non-hydrogen) atoms. The molecular formula is C14H15F3N4O. The second-order valence-electron chi connectivity index (χ2n) is 5.51. The molecule has 0 aliphatic heterocycles. The molecule has 1 aromatic heterocycles. The largest absolute Gasteiger partial charge is 0.393 e. The maximum atomic E-state index is 13.1. The number of para-hydroxylation sites is 1. The second kappa shape index (κ2) is 5.58. The van der Waals surface area contributed by atoms with Gasteiger partial charge in [-0.2, -0.15) is 28.6 Å². The van der Waals surface area contributed by atoms with Crippen molar-refractivity contribution in [2.75, 3.05) is 0 Å². The monoisotopic (exact) mass is 312 g/mol. The van der Waals surface area contributed by atoms with Gasteiger partial charge >= 0.3 is 6.18 Å². The number of rotatable bonds is 2. The molecule has 1 heterocycles. The fraction of sp³-hybridized carbons (Fsp3) is 0.500. The van der Waals surface area contributed by atoms with Crippen molar-refractivity contribution in [2.45, 2.75) is 37.9 Å². The Morgan fingerprint density at radius 2 is 2.00 bits per heavy atom. The highest BCUT2D eigenvalue weighted by atomic mass is 19.4. The quantitative estimate of drug-likeness (QED) is 0.896. The molecule has 2 N–H and O–H groups in total. The SMILES string of the molecule is O=C(N[C@H]1CCCC[C@H]1C(F)(F)F)c1cccc2n[nH]nc12. The van der Waals surface area contributed by atoms with Gasteiger partial charge in [0.25, 0.3) is 5.91 Å². The Labute approximate surface area is 124 Å². The zero-order chi connectivity index (χ0) is 15.7. The van der Waals surface area contributed by atoms with E-state index in [0.717, 1.165) is 0 Å². The van der Waals surface area contributed by atoms with Gasteiger partial charge in [0.05, 0.1) is 11.5 Å². The first-order chi connectivity index (χ1) is 10.5. The number of aromatic nitrogens is 3. The summed E-state index contributed by atoms with van der Waals surface area (Å²) in [6.45, 7) is 0. The third-order valence-corrected chi connectivity index (χ3v) is 4.09. The molecule has 2 atom stereocenters. The highest BCUT2D eigenvalue weighted by molar-refractivity contribution is 6.04. The molecule has 3 rings (SSSR count). The van der Waals surface area contributed by atoms with Crippen molar-refractivity contribution in [2.24, 2.45) is 5.92 Å². The third-order valence-electron chi connectivity index (χ3n) is 4.09. The van der Waals surface area contributed by atoms with Crippen molar-refractivity contribution >= 4 is 16.9 Å². The van der Waals surface area contributed by atoms with Crippen LogP contribution in [0.1, 0.15) is 36.0 Å². The van der Waals surface area contributed by atoms with Crippen LogP contribution in [0.25, 0.3) is 11.0 Å². The second-order valence-corrected chi connectivity index (χ2v) is 5.51. The first-order valence-corrected chi connectivity index (χ1v) is 7.14. The fourth-order valence-corrected chi connectivity index (χ4v) is 2.99. The number of carbonyl (C=O) groups excluding carboxylic acids is 1. The maximum absolute atomic E-state index is 13.1. The predicted molar refractivity (Wildman–Crippen MR) is 73.2 cm³/mol. The number of alkyl halides is 3. The standard InChI is InChI=1S/C14H15F3N4O/c15-14(16,17)9-5-1-2-6-10(9)18-13(22)8-4-3-7-11-12(8)20-21-19-11/h3-4,7,9-10H,1-2,5-6H2,(H,18,22)(H,19,20,21)/t9-,10+/m1/s1. The van der Waals surface area contributed by atoms with Gasteiger partial charge in [-0.05, 0) is 25.0 Å². The summed E-state index contributed by atoms with van der Waals surface area (Å²) in [6, 6.07) is 3.95. The minimum atomic E-state index is -4.29. The summed E-state index contributed by atoms with van der Waals surface area (Å²) in [5.41, 5.74) is 1.10. The molecule has 0 unspecified atom stereocenters. The Morgan fingerprint density at radius 3 is 2.77 bits per heavy atom. The smallest absolute Gasteiger partial charge is 0.349 e. The van der Waals surface area contributed by atoms with Gasteiger partial charge in [0, 0.05) is 6.04 Å². The Hall–Kier alpha value is -2.12. The van der Waals surface area contributed by atoms with Crippen LogP contribution in [0.3, 0.4) is 0 Å². The topological polar surface area (TPSA) is 70.7 Å². The molecule has 1 aliphatic rings. The number of fused-ring (bicyclic) bond motifs is 1. The van der Waals surface area contributed by atoms with Crippen LogP contribution in [-0.2, 0) is 0 Å². The summed E-state index contributed by atoms with van der Waals surface area (Å²) in [4.78, 5) is 12.3. The lowest BCUT2D eigenvalue weighted by atomic mass is 9.84.